The van der Waals surface area contributed by atoms with Gasteiger partial charge in [-0.25, -0.2) is 4.57 Å². The van der Waals surface area contributed by atoms with Crippen LogP contribution in [0.3, 0.4) is 0 Å². The van der Waals surface area contributed by atoms with Crippen molar-refractivity contribution in [2.75, 3.05) is 25.1 Å². The van der Waals surface area contributed by atoms with Crippen molar-refractivity contribution < 1.29 is 32.5 Å². The van der Waals surface area contributed by atoms with Gasteiger partial charge in [0.15, 0.2) is 0 Å². The van der Waals surface area contributed by atoms with Crippen LogP contribution >= 0.6 is 19.6 Å². The zero-order chi connectivity index (χ0) is 35.0. The smallest absolute Gasteiger partial charge is 0.404 e. The van der Waals surface area contributed by atoms with Gasteiger partial charge in [-0.15, -0.1) is 0 Å². The normalized spacial score (nSPS) is 13.5. The third kappa shape index (κ3) is 17.7. The zero-order valence-electron chi connectivity index (χ0n) is 29.9. The fraction of sp³-hybridized carbons (Fsp3) is 0.735. The number of thioether (sulfide) groups is 1. The van der Waals surface area contributed by atoms with Gasteiger partial charge in [-0.05, 0) is 90.5 Å². The van der Waals surface area contributed by atoms with E-state index < -0.39 is 37.0 Å². The number of phosphoric ester groups is 1. The maximum atomic E-state index is 13.8. The molecule has 0 heterocycles. The molecular formula is C34H60N3O7PS. The van der Waals surface area contributed by atoms with Crippen molar-refractivity contribution in [2.45, 2.75) is 137 Å². The van der Waals surface area contributed by atoms with E-state index in [4.69, 9.17) is 13.6 Å². The number of unbranched alkanes of at least 4 members (excludes halogenated alkanes) is 4. The van der Waals surface area contributed by atoms with Gasteiger partial charge in [-0.3, -0.25) is 23.4 Å². The second-order valence-corrected chi connectivity index (χ2v) is 16.1. The van der Waals surface area contributed by atoms with Crippen LogP contribution in [0, 0.1) is 0 Å². The standard InChI is InChI=1S/C34H60N3O7PS/c1-11-13-15-22-37(23-16-14-12-2)32(40)29(21-24-46-10)36-31(39)30(35-26(3)38)25-27-17-19-28(20-18-27)42-45(41,43-33(4,5)6)44-34(7,8)9/h17-20,29-30H,11-16,21-25H2,1-10H3,(H,35,38)(H,36,39)/t29-,30-/m0/s1. The van der Waals surface area contributed by atoms with E-state index in [1.54, 1.807) is 77.6 Å². The highest BCUT2D eigenvalue weighted by Gasteiger charge is 2.38. The Bertz CT molecular complexity index is 1090. The lowest BCUT2D eigenvalue weighted by Gasteiger charge is -2.30. The minimum Gasteiger partial charge on any atom is -0.404 e. The van der Waals surface area contributed by atoms with E-state index in [9.17, 15) is 18.9 Å². The summed E-state index contributed by atoms with van der Waals surface area (Å²) in [6.07, 6.45) is 8.69. The van der Waals surface area contributed by atoms with Gasteiger partial charge in [0, 0.05) is 26.4 Å². The van der Waals surface area contributed by atoms with Crippen LogP contribution in [0.4, 0.5) is 0 Å². The van der Waals surface area contributed by atoms with E-state index in [2.05, 4.69) is 24.5 Å². The first-order valence-corrected chi connectivity index (χ1v) is 19.4. The molecule has 0 saturated carbocycles. The van der Waals surface area contributed by atoms with Crippen molar-refractivity contribution >= 4 is 37.3 Å². The summed E-state index contributed by atoms with van der Waals surface area (Å²) in [5.41, 5.74) is -0.828. The molecule has 0 fully saturated rings. The Hall–Kier alpha value is -2.07. The van der Waals surface area contributed by atoms with E-state index in [-0.39, 0.29) is 24.0 Å². The van der Waals surface area contributed by atoms with E-state index >= 15 is 0 Å². The van der Waals surface area contributed by atoms with Gasteiger partial charge in [-0.1, -0.05) is 51.7 Å². The molecule has 0 bridgehead atoms. The summed E-state index contributed by atoms with van der Waals surface area (Å²) >= 11 is 1.62. The molecule has 0 unspecified atom stereocenters. The fourth-order valence-electron chi connectivity index (χ4n) is 4.66. The minimum absolute atomic E-state index is 0.0722. The predicted octanol–water partition coefficient (Wildman–Crippen LogP) is 7.30. The molecule has 46 heavy (non-hydrogen) atoms. The maximum absolute atomic E-state index is 13.8. The summed E-state index contributed by atoms with van der Waals surface area (Å²) < 4.78 is 30.7. The van der Waals surface area contributed by atoms with Gasteiger partial charge in [-0.2, -0.15) is 11.8 Å². The quantitative estimate of drug-likeness (QED) is 0.102. The number of benzene rings is 1. The Morgan fingerprint density at radius 3 is 1.80 bits per heavy atom. The summed E-state index contributed by atoms with van der Waals surface area (Å²) in [5.74, 6) is 0.140. The number of nitrogens with one attached hydrogen (secondary N) is 2. The number of hydrogen-bond acceptors (Lipinski definition) is 8. The van der Waals surface area contributed by atoms with Crippen LogP contribution in [0.5, 0.6) is 5.75 Å². The van der Waals surface area contributed by atoms with Crippen LogP contribution in [0.1, 0.15) is 113 Å². The van der Waals surface area contributed by atoms with Crippen molar-refractivity contribution in [3.8, 4) is 5.75 Å². The Morgan fingerprint density at radius 1 is 0.848 bits per heavy atom. The van der Waals surface area contributed by atoms with Crippen molar-refractivity contribution in [1.29, 1.82) is 0 Å². The third-order valence-corrected chi connectivity index (χ3v) is 9.27. The second-order valence-electron chi connectivity index (χ2n) is 13.6. The molecule has 0 saturated heterocycles. The molecule has 2 atom stereocenters. The highest BCUT2D eigenvalue weighted by Crippen LogP contribution is 2.55. The molecule has 10 nitrogen and oxygen atoms in total. The number of carbonyl (C=O) groups excluding carboxylic acids is 3. The molecule has 0 aliphatic carbocycles. The lowest BCUT2D eigenvalue weighted by Crippen LogP contribution is -2.55. The average Bonchev–Trinajstić information content (AvgIpc) is 2.92. The van der Waals surface area contributed by atoms with Crippen LogP contribution < -0.4 is 15.2 Å². The minimum atomic E-state index is -3.98. The molecule has 0 radical (unpaired) electrons. The molecule has 0 aliphatic heterocycles. The number of rotatable bonds is 21. The topological polar surface area (TPSA) is 123 Å². The van der Waals surface area contributed by atoms with Gasteiger partial charge in [0.05, 0.1) is 11.2 Å². The van der Waals surface area contributed by atoms with Gasteiger partial charge < -0.3 is 20.1 Å². The Kier molecular flexibility index (Phi) is 18.5. The largest absolute Gasteiger partial charge is 0.531 e. The molecule has 2 N–H and O–H groups in total. The molecular weight excluding hydrogens is 625 g/mol. The van der Waals surface area contributed by atoms with E-state index in [1.807, 2.05) is 11.2 Å². The summed E-state index contributed by atoms with van der Waals surface area (Å²) in [4.78, 5) is 41.4. The molecule has 0 aromatic heterocycles. The van der Waals surface area contributed by atoms with Gasteiger partial charge in [0.2, 0.25) is 17.7 Å². The number of phosphoric acid groups is 1. The summed E-state index contributed by atoms with van der Waals surface area (Å²) in [7, 11) is -3.98. The third-order valence-electron chi connectivity index (χ3n) is 6.65. The Labute approximate surface area is 282 Å². The van der Waals surface area contributed by atoms with E-state index in [1.165, 1.54) is 6.92 Å². The number of amides is 3. The maximum Gasteiger partial charge on any atom is 0.531 e. The van der Waals surface area contributed by atoms with Gasteiger partial charge in [0.25, 0.3) is 0 Å². The lowest BCUT2D eigenvalue weighted by molar-refractivity contribution is -0.137. The van der Waals surface area contributed by atoms with Crippen molar-refractivity contribution in [3.63, 3.8) is 0 Å². The summed E-state index contributed by atoms with van der Waals surface area (Å²) in [5, 5.41) is 5.72. The molecule has 1 rings (SSSR count). The van der Waals surface area contributed by atoms with Crippen molar-refractivity contribution in [3.05, 3.63) is 29.8 Å². The van der Waals surface area contributed by atoms with Crippen LogP contribution in [0.2, 0.25) is 0 Å². The lowest BCUT2D eigenvalue weighted by atomic mass is 10.0. The van der Waals surface area contributed by atoms with E-state index in [0.717, 1.165) is 44.1 Å². The molecule has 0 spiro atoms. The SMILES string of the molecule is CCCCCN(CCCCC)C(=O)[C@H](CCSC)NC(=O)[C@H](Cc1ccc(OP(=O)(OC(C)(C)C)OC(C)(C)C)cc1)NC(C)=O. The Morgan fingerprint density at radius 2 is 1.37 bits per heavy atom. The van der Waals surface area contributed by atoms with Crippen LogP contribution in [-0.2, 0) is 34.4 Å². The molecule has 12 heteroatoms. The van der Waals surface area contributed by atoms with Crippen LogP contribution in [-0.4, -0.2) is 71.0 Å². The Balaban J connectivity index is 3.16. The molecule has 0 aliphatic rings. The van der Waals surface area contributed by atoms with E-state index in [0.29, 0.717) is 25.3 Å². The monoisotopic (exact) mass is 685 g/mol. The highest BCUT2D eigenvalue weighted by molar-refractivity contribution is 7.98. The first-order chi connectivity index (χ1) is 21.4. The number of hydrogen-bond donors (Lipinski definition) is 2. The van der Waals surface area contributed by atoms with Crippen molar-refractivity contribution in [2.24, 2.45) is 0 Å². The first-order valence-electron chi connectivity index (χ1n) is 16.6. The van der Waals surface area contributed by atoms with Crippen LogP contribution in [0.25, 0.3) is 0 Å². The fourth-order valence-corrected chi connectivity index (χ4v) is 6.96. The van der Waals surface area contributed by atoms with Crippen LogP contribution in [0.15, 0.2) is 24.3 Å². The molecule has 1 aromatic carbocycles. The van der Waals surface area contributed by atoms with Gasteiger partial charge >= 0.3 is 7.82 Å². The highest BCUT2D eigenvalue weighted by atomic mass is 32.2. The summed E-state index contributed by atoms with van der Waals surface area (Å²) in [6.45, 7) is 17.6. The first kappa shape index (κ1) is 42.0. The number of carbonyl (C=O) groups is 3. The average molecular weight is 686 g/mol. The number of nitrogens with zero attached hydrogens (tertiary/aromatic N) is 1. The van der Waals surface area contributed by atoms with Crippen molar-refractivity contribution in [1.82, 2.24) is 15.5 Å². The summed E-state index contributed by atoms with van der Waals surface area (Å²) in [6, 6.07) is 5.12. The van der Waals surface area contributed by atoms with Gasteiger partial charge in [0.1, 0.15) is 17.8 Å². The molecule has 3 amide bonds. The molecule has 264 valence electrons. The molecule has 1 aromatic rings. The second kappa shape index (κ2) is 20.3. The predicted molar refractivity (Wildman–Crippen MR) is 188 cm³/mol. The zero-order valence-corrected chi connectivity index (χ0v) is 31.6.